The maximum atomic E-state index is 12.1. The third kappa shape index (κ3) is 6.21. The van der Waals surface area contributed by atoms with Crippen LogP contribution in [-0.4, -0.2) is 57.4 Å². The molecule has 2 rings (SSSR count). The van der Waals surface area contributed by atoms with Crippen LogP contribution in [0.15, 0.2) is 24.3 Å². The Morgan fingerprint density at radius 1 is 1.33 bits per heavy atom. The summed E-state index contributed by atoms with van der Waals surface area (Å²) in [5.41, 5.74) is 2.44. The fraction of sp³-hybridized carbons (Fsp3) is 0.579. The van der Waals surface area contributed by atoms with Crippen molar-refractivity contribution in [3.63, 3.8) is 0 Å². The van der Waals surface area contributed by atoms with Gasteiger partial charge in [0.15, 0.2) is 0 Å². The Hall–Kier alpha value is -1.61. The number of benzene rings is 1. The number of rotatable bonds is 8. The van der Waals surface area contributed by atoms with Gasteiger partial charge in [0.25, 0.3) is 0 Å². The highest BCUT2D eigenvalue weighted by atomic mass is 32.2. The largest absolute Gasteiger partial charge is 0.465 e. The fourth-order valence-electron chi connectivity index (χ4n) is 3.29. The van der Waals surface area contributed by atoms with Crippen LogP contribution in [0.4, 0.5) is 4.79 Å². The SMILES string of the molecule is CNCc1ccc([C@@H]2C[C@H](S[C@@H](C)N(C(=O)O)C(=O)C[C@H](C)O)CN2)cc1. The van der Waals surface area contributed by atoms with Gasteiger partial charge in [0.2, 0.25) is 5.91 Å². The van der Waals surface area contributed by atoms with Crippen molar-refractivity contribution < 1.29 is 19.8 Å². The molecule has 0 aliphatic carbocycles. The van der Waals surface area contributed by atoms with Crippen LogP contribution in [0.3, 0.4) is 0 Å². The number of nitrogens with zero attached hydrogens (tertiary/aromatic N) is 1. The summed E-state index contributed by atoms with van der Waals surface area (Å²) in [4.78, 5) is 24.5. The van der Waals surface area contributed by atoms with Gasteiger partial charge < -0.3 is 20.8 Å². The van der Waals surface area contributed by atoms with E-state index in [0.717, 1.165) is 24.4 Å². The molecule has 0 radical (unpaired) electrons. The number of aliphatic hydroxyl groups is 1. The van der Waals surface area contributed by atoms with Crippen LogP contribution in [0.25, 0.3) is 0 Å². The Bertz CT molecular complexity index is 638. The second-order valence-electron chi connectivity index (χ2n) is 6.93. The van der Waals surface area contributed by atoms with E-state index in [1.165, 1.54) is 29.8 Å². The quantitative estimate of drug-likeness (QED) is 0.500. The summed E-state index contributed by atoms with van der Waals surface area (Å²) in [6.45, 7) is 4.79. The maximum absolute atomic E-state index is 12.1. The lowest BCUT2D eigenvalue weighted by Gasteiger charge is -2.26. The molecule has 1 aromatic carbocycles. The normalized spacial score (nSPS) is 21.6. The van der Waals surface area contributed by atoms with E-state index in [4.69, 9.17) is 0 Å². The molecular weight excluding hydrogens is 366 g/mol. The van der Waals surface area contributed by atoms with Gasteiger partial charge in [0.1, 0.15) is 0 Å². The van der Waals surface area contributed by atoms with Crippen molar-refractivity contribution in [2.75, 3.05) is 13.6 Å². The topological polar surface area (TPSA) is 102 Å². The summed E-state index contributed by atoms with van der Waals surface area (Å²) in [5.74, 6) is -0.569. The van der Waals surface area contributed by atoms with Crippen LogP contribution in [0.5, 0.6) is 0 Å². The molecular formula is C19H29N3O4S. The van der Waals surface area contributed by atoms with Gasteiger partial charge >= 0.3 is 6.09 Å². The van der Waals surface area contributed by atoms with Crippen molar-refractivity contribution in [3.8, 4) is 0 Å². The summed E-state index contributed by atoms with van der Waals surface area (Å²) in [5, 5.41) is 25.1. The second-order valence-corrected chi connectivity index (χ2v) is 8.55. The van der Waals surface area contributed by atoms with E-state index >= 15 is 0 Å². The molecule has 1 aromatic rings. The lowest BCUT2D eigenvalue weighted by molar-refractivity contribution is -0.131. The average molecular weight is 396 g/mol. The van der Waals surface area contributed by atoms with Crippen LogP contribution in [0.2, 0.25) is 0 Å². The molecule has 0 saturated carbocycles. The molecule has 7 nitrogen and oxygen atoms in total. The monoisotopic (exact) mass is 395 g/mol. The van der Waals surface area contributed by atoms with Crippen LogP contribution < -0.4 is 10.6 Å². The molecule has 8 heteroatoms. The molecule has 1 saturated heterocycles. The molecule has 0 bridgehead atoms. The number of carboxylic acid groups (broad SMARTS) is 1. The highest BCUT2D eigenvalue weighted by Crippen LogP contribution is 2.33. The number of carbonyl (C=O) groups is 2. The van der Waals surface area contributed by atoms with E-state index < -0.39 is 23.5 Å². The first kappa shape index (κ1) is 21.7. The highest BCUT2D eigenvalue weighted by molar-refractivity contribution is 8.00. The molecule has 0 aromatic heterocycles. The van der Waals surface area contributed by atoms with Crippen LogP contribution >= 0.6 is 11.8 Å². The zero-order valence-corrected chi connectivity index (χ0v) is 16.8. The van der Waals surface area contributed by atoms with E-state index in [-0.39, 0.29) is 17.7 Å². The van der Waals surface area contributed by atoms with E-state index in [2.05, 4.69) is 34.9 Å². The summed E-state index contributed by atoms with van der Waals surface area (Å²) < 4.78 is 0. The number of carbonyl (C=O) groups excluding carboxylic acids is 1. The molecule has 4 N–H and O–H groups in total. The maximum Gasteiger partial charge on any atom is 0.415 e. The van der Waals surface area contributed by atoms with Crippen molar-refractivity contribution in [1.29, 1.82) is 0 Å². The van der Waals surface area contributed by atoms with Gasteiger partial charge in [-0.25, -0.2) is 9.69 Å². The zero-order chi connectivity index (χ0) is 20.0. The minimum Gasteiger partial charge on any atom is -0.465 e. The molecule has 2 amide bonds. The van der Waals surface area contributed by atoms with Gasteiger partial charge in [0, 0.05) is 24.4 Å². The Morgan fingerprint density at radius 3 is 2.56 bits per heavy atom. The molecule has 1 aliphatic heterocycles. The number of thioether (sulfide) groups is 1. The predicted octanol–water partition coefficient (Wildman–Crippen LogP) is 2.17. The smallest absolute Gasteiger partial charge is 0.415 e. The minimum absolute atomic E-state index is 0.193. The van der Waals surface area contributed by atoms with E-state index in [9.17, 15) is 19.8 Å². The first-order valence-corrected chi connectivity index (χ1v) is 10.1. The number of hydrogen-bond donors (Lipinski definition) is 4. The van der Waals surface area contributed by atoms with E-state index in [1.807, 2.05) is 7.05 Å². The van der Waals surface area contributed by atoms with Crippen molar-refractivity contribution in [1.82, 2.24) is 15.5 Å². The molecule has 150 valence electrons. The van der Waals surface area contributed by atoms with Crippen molar-refractivity contribution in [3.05, 3.63) is 35.4 Å². The number of aliphatic hydroxyl groups excluding tert-OH is 1. The molecule has 27 heavy (non-hydrogen) atoms. The minimum atomic E-state index is -1.27. The highest BCUT2D eigenvalue weighted by Gasteiger charge is 2.33. The van der Waals surface area contributed by atoms with Gasteiger partial charge in [0.05, 0.1) is 17.9 Å². The van der Waals surface area contributed by atoms with Crippen LogP contribution in [0.1, 0.15) is 43.9 Å². The van der Waals surface area contributed by atoms with Crippen molar-refractivity contribution >= 4 is 23.8 Å². The van der Waals surface area contributed by atoms with Gasteiger partial charge in [-0.05, 0) is 38.4 Å². The van der Waals surface area contributed by atoms with Gasteiger partial charge in [-0.2, -0.15) is 0 Å². The summed E-state index contributed by atoms with van der Waals surface area (Å²) >= 11 is 1.48. The van der Waals surface area contributed by atoms with E-state index in [0.29, 0.717) is 0 Å². The van der Waals surface area contributed by atoms with Gasteiger partial charge in [-0.15, -0.1) is 11.8 Å². The lowest BCUT2D eigenvalue weighted by Crippen LogP contribution is -2.42. The Balaban J connectivity index is 1.93. The van der Waals surface area contributed by atoms with Crippen LogP contribution in [-0.2, 0) is 11.3 Å². The number of nitrogens with one attached hydrogen (secondary N) is 2. The molecule has 0 unspecified atom stereocenters. The molecule has 1 aliphatic rings. The average Bonchev–Trinajstić information content (AvgIpc) is 3.03. The number of imide groups is 1. The van der Waals surface area contributed by atoms with Crippen molar-refractivity contribution in [2.24, 2.45) is 0 Å². The summed E-state index contributed by atoms with van der Waals surface area (Å²) in [7, 11) is 1.92. The molecule has 1 fully saturated rings. The van der Waals surface area contributed by atoms with Crippen LogP contribution in [0, 0.1) is 0 Å². The summed E-state index contributed by atoms with van der Waals surface area (Å²) in [6, 6.07) is 8.69. The molecule has 0 spiro atoms. The Morgan fingerprint density at radius 2 is 2.00 bits per heavy atom. The third-order valence-electron chi connectivity index (χ3n) is 4.55. The standard InChI is InChI=1S/C19H29N3O4S/c1-12(23)8-18(24)22(19(25)26)13(2)27-16-9-17(21-11-16)15-6-4-14(5-7-15)10-20-3/h4-7,12-13,16-17,20-21,23H,8-11H2,1-3H3,(H,25,26)/t12-,13-,16-,17-/m0/s1. The van der Waals surface area contributed by atoms with Gasteiger partial charge in [-0.1, -0.05) is 24.3 Å². The molecule has 1 heterocycles. The van der Waals surface area contributed by atoms with Gasteiger partial charge in [-0.3, -0.25) is 4.79 Å². The number of hydrogen-bond acceptors (Lipinski definition) is 6. The third-order valence-corrected chi connectivity index (χ3v) is 5.90. The first-order chi connectivity index (χ1) is 12.8. The molecule has 4 atom stereocenters. The predicted molar refractivity (Wildman–Crippen MR) is 107 cm³/mol. The Kier molecular flexibility index (Phi) is 8.09. The van der Waals surface area contributed by atoms with E-state index in [1.54, 1.807) is 6.92 Å². The zero-order valence-electron chi connectivity index (χ0n) is 16.0. The van der Waals surface area contributed by atoms with Crippen molar-refractivity contribution in [2.45, 2.75) is 56.0 Å². The number of amides is 2. The first-order valence-electron chi connectivity index (χ1n) is 9.17. The summed E-state index contributed by atoms with van der Waals surface area (Å²) in [6.07, 6.45) is -1.46. The second kappa shape index (κ2) is 10.1. The Labute approximate surface area is 164 Å². The fourth-order valence-corrected chi connectivity index (χ4v) is 4.67. The lowest BCUT2D eigenvalue weighted by atomic mass is 10.0.